The van der Waals surface area contributed by atoms with Crippen molar-refractivity contribution < 1.29 is 61.3 Å². The fourth-order valence-corrected chi connectivity index (χ4v) is 10.1. The van der Waals surface area contributed by atoms with Crippen LogP contribution in [-0.2, 0) is 0 Å². The van der Waals surface area contributed by atoms with Gasteiger partial charge in [-0.05, 0) is 121 Å². The molecule has 0 amide bonds. The van der Waals surface area contributed by atoms with E-state index in [-0.39, 0.29) is 70.2 Å². The molecule has 79 heavy (non-hydrogen) atoms. The Morgan fingerprint density at radius 3 is 0.570 bits per heavy atom. The molecule has 4 aromatic carbocycles. The number of pyridine rings is 4. The van der Waals surface area contributed by atoms with Gasteiger partial charge in [0.15, 0.2) is 46.0 Å². The normalized spacial score (nSPS) is 15.1. The minimum atomic E-state index is -0.971. The van der Waals surface area contributed by atoms with Crippen molar-refractivity contribution in [3.8, 4) is 97.3 Å². The first kappa shape index (κ1) is 58.8. The quantitative estimate of drug-likeness (QED) is 0.0566. The number of rotatable bonds is 10. The van der Waals surface area contributed by atoms with E-state index in [0.29, 0.717) is 25.7 Å². The fourth-order valence-electron chi connectivity index (χ4n) is 10.1. The molecule has 0 fully saturated rings. The van der Waals surface area contributed by atoms with Crippen molar-refractivity contribution in [1.29, 1.82) is 5.26 Å². The standard InChI is InChI=1S/C40H48O12.2C10H8N2.C2H3N/c1-5-9-17-21-13-23(31(43)37(49)29(21)41)18(10-6-2)25-15-27(35(47)39(51)33(25)45)20(12-8-4)28-16-26(34(46)40(52)36(28)48)19(11-7-3)24-14-22(17)30(42)38(50)32(24)44;2*1-5-11-6-2-9(1)10-3-7-12-8-4-10;1-2-3/h13-20,41-52H,5-12H2,1-4H3;2*1-8H;1H3. The van der Waals surface area contributed by atoms with Crippen molar-refractivity contribution >= 4 is 0 Å². The van der Waals surface area contributed by atoms with E-state index in [0.717, 1.165) is 0 Å². The number of phenolic OH excluding ortho intramolecular Hbond substituents is 12. The third kappa shape index (κ3) is 12.7. The van der Waals surface area contributed by atoms with Gasteiger partial charge in [-0.25, -0.2) is 0 Å². The molecule has 0 radical (unpaired) electrons. The Kier molecular flexibility index (Phi) is 20.1. The predicted molar refractivity (Wildman–Crippen MR) is 299 cm³/mol. The van der Waals surface area contributed by atoms with Gasteiger partial charge < -0.3 is 61.3 Å². The third-order valence-corrected chi connectivity index (χ3v) is 13.9. The van der Waals surface area contributed by atoms with Crippen LogP contribution in [0.3, 0.4) is 0 Å². The lowest BCUT2D eigenvalue weighted by Gasteiger charge is -2.29. The van der Waals surface area contributed by atoms with E-state index >= 15 is 0 Å². The Morgan fingerprint density at radius 1 is 0.304 bits per heavy atom. The largest absolute Gasteiger partial charge is 0.504 e. The first-order valence-electron chi connectivity index (χ1n) is 26.0. The van der Waals surface area contributed by atoms with E-state index in [2.05, 4.69) is 19.9 Å². The molecular formula is C62H67N5O12. The summed E-state index contributed by atoms with van der Waals surface area (Å²) >= 11 is 0. The van der Waals surface area contributed by atoms with E-state index in [1.165, 1.54) is 53.4 Å². The average molecular weight is 1070 g/mol. The van der Waals surface area contributed by atoms with Gasteiger partial charge in [-0.2, -0.15) is 5.26 Å². The smallest absolute Gasteiger partial charge is 0.200 e. The van der Waals surface area contributed by atoms with Gasteiger partial charge in [0.1, 0.15) is 0 Å². The number of phenols is 12. The lowest BCUT2D eigenvalue weighted by atomic mass is 9.76. The number of aromatic nitrogens is 4. The Hall–Kier alpha value is -9.43. The second-order valence-electron chi connectivity index (χ2n) is 18.9. The van der Waals surface area contributed by atoms with Crippen LogP contribution < -0.4 is 0 Å². The molecule has 412 valence electrons. The van der Waals surface area contributed by atoms with E-state index < -0.39 is 92.7 Å². The molecule has 0 saturated carbocycles. The van der Waals surface area contributed by atoms with Crippen molar-refractivity contribution in [2.24, 2.45) is 0 Å². The minimum absolute atomic E-state index is 0.0395. The second kappa shape index (κ2) is 27.1. The highest BCUT2D eigenvalue weighted by molar-refractivity contribution is 5.71. The molecule has 8 bridgehead atoms. The molecule has 1 aliphatic carbocycles. The maximum Gasteiger partial charge on any atom is 0.200 e. The molecule has 0 saturated heterocycles. The second-order valence-corrected chi connectivity index (χ2v) is 18.9. The number of fused-ring (bicyclic) bond motifs is 8. The van der Waals surface area contributed by atoms with Crippen molar-refractivity contribution in [1.82, 2.24) is 19.9 Å². The summed E-state index contributed by atoms with van der Waals surface area (Å²) in [6.07, 6.45) is 17.0. The van der Waals surface area contributed by atoms with Gasteiger partial charge in [0.2, 0.25) is 23.0 Å². The van der Waals surface area contributed by atoms with Crippen LogP contribution in [0.25, 0.3) is 22.3 Å². The van der Waals surface area contributed by atoms with Gasteiger partial charge in [-0.15, -0.1) is 0 Å². The van der Waals surface area contributed by atoms with E-state index in [9.17, 15) is 61.3 Å². The summed E-state index contributed by atoms with van der Waals surface area (Å²) in [5, 5.41) is 143. The van der Waals surface area contributed by atoms with Crippen molar-refractivity contribution in [3.63, 3.8) is 0 Å². The van der Waals surface area contributed by atoms with Crippen LogP contribution in [0.5, 0.6) is 69.0 Å². The summed E-state index contributed by atoms with van der Waals surface area (Å²) in [6, 6.07) is 23.3. The van der Waals surface area contributed by atoms with E-state index in [1.54, 1.807) is 55.6 Å². The lowest BCUT2D eigenvalue weighted by Crippen LogP contribution is -2.11. The molecule has 4 aromatic heterocycles. The Labute approximate surface area is 458 Å². The highest BCUT2D eigenvalue weighted by Gasteiger charge is 2.37. The monoisotopic (exact) mass is 1070 g/mol. The van der Waals surface area contributed by atoms with E-state index in [4.69, 9.17) is 5.26 Å². The summed E-state index contributed by atoms with van der Waals surface area (Å²) in [7, 11) is 0. The van der Waals surface area contributed by atoms with Gasteiger partial charge in [0.05, 0.1) is 6.07 Å². The minimum Gasteiger partial charge on any atom is -0.504 e. The van der Waals surface area contributed by atoms with Gasteiger partial charge in [-0.3, -0.25) is 19.9 Å². The average Bonchev–Trinajstić information content (AvgIpc) is 3.64. The zero-order valence-corrected chi connectivity index (χ0v) is 44.6. The summed E-state index contributed by atoms with van der Waals surface area (Å²) in [5.41, 5.74) is 5.01. The number of hydrogen-bond acceptors (Lipinski definition) is 17. The zero-order valence-electron chi connectivity index (χ0n) is 44.6. The number of nitrogens with zero attached hydrogens (tertiary/aromatic N) is 5. The Morgan fingerprint density at radius 2 is 0.443 bits per heavy atom. The molecular weight excluding hydrogens is 1010 g/mol. The highest BCUT2D eigenvalue weighted by atomic mass is 16.3. The van der Waals surface area contributed by atoms with Crippen LogP contribution in [0, 0.1) is 11.3 Å². The number of benzene rings is 4. The van der Waals surface area contributed by atoms with Crippen molar-refractivity contribution in [3.05, 3.63) is 167 Å². The van der Waals surface area contributed by atoms with Crippen LogP contribution in [0.15, 0.2) is 122 Å². The van der Waals surface area contributed by atoms with Crippen molar-refractivity contribution in [2.75, 3.05) is 0 Å². The van der Waals surface area contributed by atoms with Crippen LogP contribution >= 0.6 is 0 Å². The molecule has 17 nitrogen and oxygen atoms in total. The van der Waals surface area contributed by atoms with Crippen LogP contribution in [-0.4, -0.2) is 81.2 Å². The maximum atomic E-state index is 11.4. The highest BCUT2D eigenvalue weighted by Crippen LogP contribution is 2.58. The number of aromatic hydroxyl groups is 12. The van der Waals surface area contributed by atoms with Crippen LogP contribution in [0.1, 0.15) is 154 Å². The zero-order chi connectivity index (χ0) is 57.5. The Balaban J connectivity index is 0.000000299. The summed E-state index contributed by atoms with van der Waals surface area (Å²) in [6.45, 7) is 8.76. The Bertz CT molecular complexity index is 2810. The molecule has 12 N–H and O–H groups in total. The third-order valence-electron chi connectivity index (χ3n) is 13.9. The summed E-state index contributed by atoms with van der Waals surface area (Å²) < 4.78 is 0. The first-order valence-corrected chi connectivity index (χ1v) is 26.0. The van der Waals surface area contributed by atoms with Crippen LogP contribution in [0.4, 0.5) is 0 Å². The maximum absolute atomic E-state index is 11.4. The van der Waals surface area contributed by atoms with Crippen LogP contribution in [0.2, 0.25) is 0 Å². The van der Waals surface area contributed by atoms with Crippen molar-refractivity contribution in [2.45, 2.75) is 110 Å². The SMILES string of the molecule is CC#N.CCCC1c2cc(c(O)c(O)c2O)C(CCC)c2cc(c(O)c(O)c2O)C(CCC)c2cc(c(O)c(O)c2O)C(CCC)c2cc1c(O)c(O)c2O.c1cc(-c2ccncc2)ccn1.c1cc(-c2ccncc2)ccn1. The molecule has 0 unspecified atom stereocenters. The molecule has 9 rings (SSSR count). The summed E-state index contributed by atoms with van der Waals surface area (Å²) in [4.78, 5) is 15.8. The van der Waals surface area contributed by atoms with Gasteiger partial charge in [-0.1, -0.05) is 53.4 Å². The van der Waals surface area contributed by atoms with E-state index in [1.807, 2.05) is 76.2 Å². The molecule has 4 heterocycles. The van der Waals surface area contributed by atoms with Gasteiger partial charge in [0, 0.05) is 125 Å². The fraction of sp³-hybridized carbons (Fsp3) is 0.274. The lowest BCUT2D eigenvalue weighted by molar-refractivity contribution is 0.348. The number of nitriles is 1. The van der Waals surface area contributed by atoms with Gasteiger partial charge >= 0.3 is 0 Å². The molecule has 1 aliphatic rings. The molecule has 17 heteroatoms. The summed E-state index contributed by atoms with van der Waals surface area (Å²) in [5.74, 6) is -13.1. The first-order chi connectivity index (χ1) is 38.0. The topological polar surface area (TPSA) is 318 Å². The molecule has 0 aliphatic heterocycles. The molecule has 0 spiro atoms. The number of hydrogen-bond donors (Lipinski definition) is 12. The molecule has 8 aromatic rings. The van der Waals surface area contributed by atoms with Gasteiger partial charge in [0.25, 0.3) is 0 Å². The molecule has 0 atom stereocenters. The predicted octanol–water partition coefficient (Wildman–Crippen LogP) is 13.0.